The lowest BCUT2D eigenvalue weighted by atomic mass is 10.2. The standard InChI is InChI=1S/C29H35N3O7S/c1-7-36-27(20-37-40(34,35)25-10-8-9-21(2)17-25)38-26-16-12-22(18-31-26)11-13-23-14-15-24(19-30-23)32(6)28(33)39-29(3,4)5/h8-19,27H,7,20H2,1-6H3. The summed E-state index contributed by atoms with van der Waals surface area (Å²) in [7, 11) is -2.34. The molecule has 0 saturated heterocycles. The van der Waals surface area contributed by atoms with Gasteiger partial charge in [0, 0.05) is 25.9 Å². The molecular weight excluding hydrogens is 534 g/mol. The number of carbonyl (C=O) groups excluding carboxylic acids is 1. The first-order chi connectivity index (χ1) is 18.9. The Morgan fingerprint density at radius 2 is 1.82 bits per heavy atom. The Morgan fingerprint density at radius 3 is 2.42 bits per heavy atom. The lowest BCUT2D eigenvalue weighted by Crippen LogP contribution is -2.34. The van der Waals surface area contributed by atoms with Crippen LogP contribution in [0.4, 0.5) is 10.5 Å². The van der Waals surface area contributed by atoms with Crippen LogP contribution in [-0.4, -0.2) is 56.6 Å². The quantitative estimate of drug-likeness (QED) is 0.219. The van der Waals surface area contributed by atoms with E-state index in [2.05, 4.69) is 9.97 Å². The summed E-state index contributed by atoms with van der Waals surface area (Å²) in [5.41, 5.74) is 2.30. The van der Waals surface area contributed by atoms with Gasteiger partial charge in [-0.2, -0.15) is 8.42 Å². The van der Waals surface area contributed by atoms with E-state index in [1.165, 1.54) is 17.0 Å². The van der Waals surface area contributed by atoms with Crippen LogP contribution in [0.1, 0.15) is 44.5 Å². The third-order valence-corrected chi connectivity index (χ3v) is 6.55. The molecule has 3 aromatic rings. The summed E-state index contributed by atoms with van der Waals surface area (Å²) in [5.74, 6) is 0.250. The Hall–Kier alpha value is -3.80. The summed E-state index contributed by atoms with van der Waals surface area (Å²) < 4.78 is 46.8. The summed E-state index contributed by atoms with van der Waals surface area (Å²) >= 11 is 0. The molecule has 1 aromatic carbocycles. The predicted octanol–water partition coefficient (Wildman–Crippen LogP) is 5.47. The van der Waals surface area contributed by atoms with E-state index < -0.39 is 28.1 Å². The third-order valence-electron chi connectivity index (χ3n) is 5.27. The fourth-order valence-electron chi connectivity index (χ4n) is 3.29. The average molecular weight is 570 g/mol. The Bertz CT molecular complexity index is 1400. The summed E-state index contributed by atoms with van der Waals surface area (Å²) in [6.45, 7) is 8.95. The van der Waals surface area contributed by atoms with Gasteiger partial charge in [-0.3, -0.25) is 14.1 Å². The molecule has 11 heteroatoms. The van der Waals surface area contributed by atoms with Crippen molar-refractivity contribution in [2.75, 3.05) is 25.2 Å². The lowest BCUT2D eigenvalue weighted by Gasteiger charge is -2.24. The van der Waals surface area contributed by atoms with E-state index in [1.807, 2.05) is 32.9 Å². The highest BCUT2D eigenvalue weighted by Crippen LogP contribution is 2.19. The van der Waals surface area contributed by atoms with Crippen molar-refractivity contribution in [3.05, 3.63) is 77.7 Å². The summed E-state index contributed by atoms with van der Waals surface area (Å²) in [6.07, 6.45) is 5.39. The molecule has 40 heavy (non-hydrogen) atoms. The zero-order chi connectivity index (χ0) is 29.3. The monoisotopic (exact) mass is 569 g/mol. The zero-order valence-corrected chi connectivity index (χ0v) is 24.3. The van der Waals surface area contributed by atoms with Crippen LogP contribution in [-0.2, 0) is 23.8 Å². The van der Waals surface area contributed by atoms with Gasteiger partial charge in [0.1, 0.15) is 12.2 Å². The maximum absolute atomic E-state index is 12.5. The number of aromatic nitrogens is 2. The van der Waals surface area contributed by atoms with Gasteiger partial charge in [0.25, 0.3) is 10.1 Å². The molecule has 0 spiro atoms. The molecule has 0 saturated carbocycles. The van der Waals surface area contributed by atoms with Crippen molar-refractivity contribution in [1.82, 2.24) is 9.97 Å². The highest BCUT2D eigenvalue weighted by molar-refractivity contribution is 7.86. The van der Waals surface area contributed by atoms with Gasteiger partial charge in [-0.25, -0.2) is 9.78 Å². The normalized spacial score (nSPS) is 12.8. The first kappa shape index (κ1) is 30.7. The molecule has 1 amide bonds. The summed E-state index contributed by atoms with van der Waals surface area (Å²) in [5, 5.41) is 0. The molecule has 1 unspecified atom stereocenters. The van der Waals surface area contributed by atoms with Gasteiger partial charge in [0.15, 0.2) is 0 Å². The number of aryl methyl sites for hydroxylation is 1. The van der Waals surface area contributed by atoms with Crippen LogP contribution in [0.3, 0.4) is 0 Å². The van der Waals surface area contributed by atoms with Crippen molar-refractivity contribution >= 4 is 34.1 Å². The van der Waals surface area contributed by atoms with Crippen LogP contribution in [0.15, 0.2) is 65.8 Å². The molecule has 0 aliphatic heterocycles. The number of anilines is 1. The zero-order valence-electron chi connectivity index (χ0n) is 23.5. The molecule has 0 aliphatic carbocycles. The minimum atomic E-state index is -3.97. The van der Waals surface area contributed by atoms with Crippen LogP contribution in [0.25, 0.3) is 12.2 Å². The van der Waals surface area contributed by atoms with Crippen LogP contribution < -0.4 is 9.64 Å². The minimum absolute atomic E-state index is 0.0659. The van der Waals surface area contributed by atoms with Crippen molar-refractivity contribution < 1.29 is 31.6 Å². The Kier molecular flexibility index (Phi) is 10.4. The lowest BCUT2D eigenvalue weighted by molar-refractivity contribution is -0.0982. The number of amides is 1. The second kappa shape index (κ2) is 13.5. The van der Waals surface area contributed by atoms with E-state index >= 15 is 0 Å². The fraction of sp³-hybridized carbons (Fsp3) is 0.345. The molecule has 0 fully saturated rings. The van der Waals surface area contributed by atoms with Gasteiger partial charge in [-0.15, -0.1) is 0 Å². The molecule has 214 valence electrons. The number of nitrogens with zero attached hydrogens (tertiary/aromatic N) is 3. The van der Waals surface area contributed by atoms with Crippen molar-refractivity contribution in [1.29, 1.82) is 0 Å². The number of benzene rings is 1. The Balaban J connectivity index is 1.58. The van der Waals surface area contributed by atoms with Crippen molar-refractivity contribution in [3.63, 3.8) is 0 Å². The van der Waals surface area contributed by atoms with Gasteiger partial charge in [0.2, 0.25) is 12.2 Å². The number of rotatable bonds is 11. The minimum Gasteiger partial charge on any atom is -0.445 e. The highest BCUT2D eigenvalue weighted by atomic mass is 32.2. The highest BCUT2D eigenvalue weighted by Gasteiger charge is 2.21. The SMILES string of the molecule is CCOC(COS(=O)(=O)c1cccc(C)c1)Oc1ccc(C=Cc2ccc(N(C)C(=O)OC(C)(C)C)cn2)cn1. The number of pyridine rings is 2. The van der Waals surface area contributed by atoms with Gasteiger partial charge in [-0.1, -0.05) is 18.2 Å². The predicted molar refractivity (Wildman–Crippen MR) is 152 cm³/mol. The van der Waals surface area contributed by atoms with E-state index in [4.69, 9.17) is 18.4 Å². The number of ether oxygens (including phenoxy) is 3. The molecule has 0 aliphatic rings. The van der Waals surface area contributed by atoms with Crippen molar-refractivity contribution in [3.8, 4) is 5.88 Å². The van der Waals surface area contributed by atoms with Gasteiger partial charge >= 0.3 is 6.09 Å². The fourth-order valence-corrected chi connectivity index (χ4v) is 4.29. The smallest absolute Gasteiger partial charge is 0.414 e. The summed E-state index contributed by atoms with van der Waals surface area (Å²) in [4.78, 5) is 22.4. The van der Waals surface area contributed by atoms with Crippen LogP contribution in [0.5, 0.6) is 5.88 Å². The average Bonchev–Trinajstić information content (AvgIpc) is 2.90. The summed E-state index contributed by atoms with van der Waals surface area (Å²) in [6, 6.07) is 13.5. The molecule has 10 nitrogen and oxygen atoms in total. The van der Waals surface area contributed by atoms with E-state index in [0.29, 0.717) is 18.0 Å². The molecule has 1 atom stereocenters. The Morgan fingerprint density at radius 1 is 1.05 bits per heavy atom. The molecule has 0 radical (unpaired) electrons. The third kappa shape index (κ3) is 9.44. The largest absolute Gasteiger partial charge is 0.445 e. The van der Waals surface area contributed by atoms with Gasteiger partial charge < -0.3 is 14.2 Å². The number of hydrogen-bond donors (Lipinski definition) is 0. The first-order valence-corrected chi connectivity index (χ1v) is 14.1. The number of carbonyl (C=O) groups is 1. The van der Waals surface area contributed by atoms with E-state index in [-0.39, 0.29) is 17.4 Å². The molecule has 2 aromatic heterocycles. The molecular formula is C29H35N3O7S. The molecule has 0 N–H and O–H groups in total. The van der Waals surface area contributed by atoms with Gasteiger partial charge in [0.05, 0.1) is 22.5 Å². The van der Waals surface area contributed by atoms with E-state index in [9.17, 15) is 13.2 Å². The molecule has 2 heterocycles. The maximum Gasteiger partial charge on any atom is 0.414 e. The van der Waals surface area contributed by atoms with E-state index in [1.54, 1.807) is 69.7 Å². The number of hydrogen-bond acceptors (Lipinski definition) is 9. The van der Waals surface area contributed by atoms with Crippen LogP contribution in [0.2, 0.25) is 0 Å². The second-order valence-corrected chi connectivity index (χ2v) is 11.4. The second-order valence-electron chi connectivity index (χ2n) is 9.80. The van der Waals surface area contributed by atoms with E-state index in [0.717, 1.165) is 11.1 Å². The van der Waals surface area contributed by atoms with Crippen LogP contribution in [0, 0.1) is 6.92 Å². The van der Waals surface area contributed by atoms with Crippen LogP contribution >= 0.6 is 0 Å². The van der Waals surface area contributed by atoms with Crippen molar-refractivity contribution in [2.24, 2.45) is 0 Å². The topological polar surface area (TPSA) is 117 Å². The Labute approximate surface area is 235 Å². The molecule has 3 rings (SSSR count). The first-order valence-electron chi connectivity index (χ1n) is 12.7. The van der Waals surface area contributed by atoms with Gasteiger partial charge in [-0.05, 0) is 82.2 Å². The molecule has 0 bridgehead atoms. The maximum atomic E-state index is 12.5. The van der Waals surface area contributed by atoms with Crippen molar-refractivity contribution in [2.45, 2.75) is 51.4 Å².